The molecule has 8 nitrogen and oxygen atoms in total. The highest BCUT2D eigenvalue weighted by Crippen LogP contribution is 2.27. The van der Waals surface area contributed by atoms with Gasteiger partial charge < -0.3 is 15.0 Å². The number of nitrogens with one attached hydrogen (secondary N) is 1. The molecule has 0 spiro atoms. The summed E-state index contributed by atoms with van der Waals surface area (Å²) in [6.07, 6.45) is 0.241. The number of anilines is 1. The van der Waals surface area contributed by atoms with Gasteiger partial charge in [0.2, 0.25) is 11.8 Å². The minimum atomic E-state index is -4.15. The standard InChI is InChI=1S/C33H34BrN3O5S/c1-3-35-33(39)31(21-25-12-6-4-7-13-25)36(23-26-14-10-17-29(20-26)42-2)32(38)24-37(28-16-11-15-27(34)22-28)43(40,41)30-18-8-5-9-19-30/h4-20,22,31H,3,21,23-24H2,1-2H3,(H,35,39)/t31-/m0/s1. The molecule has 2 amide bonds. The summed E-state index contributed by atoms with van der Waals surface area (Å²) in [7, 11) is -2.60. The van der Waals surface area contributed by atoms with Crippen molar-refractivity contribution in [2.45, 2.75) is 30.8 Å². The number of hydrogen-bond donors (Lipinski definition) is 1. The molecule has 4 aromatic carbocycles. The van der Waals surface area contributed by atoms with Crippen LogP contribution in [0.1, 0.15) is 18.1 Å². The lowest BCUT2D eigenvalue weighted by atomic mass is 10.0. The summed E-state index contributed by atoms with van der Waals surface area (Å²) in [6, 6.07) is 30.5. The first-order valence-electron chi connectivity index (χ1n) is 13.8. The number of likely N-dealkylation sites (N-methyl/N-ethyl adjacent to an activating group) is 1. The number of carbonyl (C=O) groups excluding carboxylic acids is 2. The minimum Gasteiger partial charge on any atom is -0.497 e. The molecule has 0 heterocycles. The van der Waals surface area contributed by atoms with Gasteiger partial charge in [0.05, 0.1) is 17.7 Å². The highest BCUT2D eigenvalue weighted by molar-refractivity contribution is 9.10. The molecule has 1 N–H and O–H groups in total. The van der Waals surface area contributed by atoms with Crippen molar-refractivity contribution in [1.82, 2.24) is 10.2 Å². The van der Waals surface area contributed by atoms with Crippen molar-refractivity contribution in [2.75, 3.05) is 24.5 Å². The highest BCUT2D eigenvalue weighted by Gasteiger charge is 2.34. The van der Waals surface area contributed by atoms with Crippen molar-refractivity contribution in [2.24, 2.45) is 0 Å². The van der Waals surface area contributed by atoms with Gasteiger partial charge in [-0.05, 0) is 60.5 Å². The monoisotopic (exact) mass is 663 g/mol. The fraction of sp³-hybridized carbons (Fsp3) is 0.212. The summed E-state index contributed by atoms with van der Waals surface area (Å²) in [5.74, 6) is -0.262. The van der Waals surface area contributed by atoms with Crippen LogP contribution in [0.5, 0.6) is 5.75 Å². The SMILES string of the molecule is CCNC(=O)[C@H](Cc1ccccc1)N(Cc1cccc(OC)c1)C(=O)CN(c1cccc(Br)c1)S(=O)(=O)c1ccccc1. The lowest BCUT2D eigenvalue weighted by Crippen LogP contribution is -2.53. The van der Waals surface area contributed by atoms with Gasteiger partial charge in [-0.2, -0.15) is 0 Å². The normalized spacial score (nSPS) is 11.8. The number of sulfonamides is 1. The van der Waals surface area contributed by atoms with Gasteiger partial charge in [-0.3, -0.25) is 13.9 Å². The maximum absolute atomic E-state index is 14.4. The van der Waals surface area contributed by atoms with Gasteiger partial charge in [0.1, 0.15) is 18.3 Å². The van der Waals surface area contributed by atoms with Gasteiger partial charge in [-0.1, -0.05) is 82.7 Å². The topological polar surface area (TPSA) is 96.0 Å². The zero-order valence-electron chi connectivity index (χ0n) is 24.0. The molecule has 0 saturated carbocycles. The Morgan fingerprint density at radius 3 is 2.16 bits per heavy atom. The number of carbonyl (C=O) groups is 2. The summed E-state index contributed by atoms with van der Waals surface area (Å²) in [4.78, 5) is 29.4. The lowest BCUT2D eigenvalue weighted by Gasteiger charge is -2.34. The van der Waals surface area contributed by atoms with Gasteiger partial charge in [-0.25, -0.2) is 8.42 Å². The molecule has 0 aliphatic rings. The summed E-state index contributed by atoms with van der Waals surface area (Å²) in [5, 5.41) is 2.86. The van der Waals surface area contributed by atoms with Gasteiger partial charge in [0, 0.05) is 24.0 Å². The Hall–Kier alpha value is -4.15. The molecule has 224 valence electrons. The van der Waals surface area contributed by atoms with Crippen molar-refractivity contribution in [1.29, 1.82) is 0 Å². The Morgan fingerprint density at radius 1 is 0.860 bits per heavy atom. The van der Waals surface area contributed by atoms with Crippen molar-refractivity contribution in [3.63, 3.8) is 0 Å². The van der Waals surface area contributed by atoms with E-state index in [1.807, 2.05) is 49.4 Å². The summed E-state index contributed by atoms with van der Waals surface area (Å²) >= 11 is 3.42. The smallest absolute Gasteiger partial charge is 0.264 e. The number of hydrogen-bond acceptors (Lipinski definition) is 5. The Morgan fingerprint density at radius 2 is 1.51 bits per heavy atom. The van der Waals surface area contributed by atoms with Crippen LogP contribution >= 0.6 is 15.9 Å². The fourth-order valence-electron chi connectivity index (χ4n) is 4.69. The second-order valence-corrected chi connectivity index (χ2v) is 12.6. The molecule has 0 saturated heterocycles. The molecule has 0 aromatic heterocycles. The van der Waals surface area contributed by atoms with Crippen LogP contribution in [0.3, 0.4) is 0 Å². The van der Waals surface area contributed by atoms with Crippen LogP contribution in [0.2, 0.25) is 0 Å². The quantitative estimate of drug-likeness (QED) is 0.206. The van der Waals surface area contributed by atoms with Gasteiger partial charge in [-0.15, -0.1) is 0 Å². The van der Waals surface area contributed by atoms with Crippen LogP contribution in [0.25, 0.3) is 0 Å². The van der Waals surface area contributed by atoms with Crippen LogP contribution in [0.4, 0.5) is 5.69 Å². The van der Waals surface area contributed by atoms with Crippen molar-refractivity contribution in [3.05, 3.63) is 125 Å². The summed E-state index contributed by atoms with van der Waals surface area (Å²) in [6.45, 7) is 1.72. The molecule has 4 aromatic rings. The molecular weight excluding hydrogens is 630 g/mol. The number of benzene rings is 4. The molecule has 10 heteroatoms. The maximum Gasteiger partial charge on any atom is 0.264 e. The van der Waals surface area contributed by atoms with E-state index in [-0.39, 0.29) is 23.8 Å². The summed E-state index contributed by atoms with van der Waals surface area (Å²) < 4.78 is 35.1. The Bertz CT molecular complexity index is 1630. The number of methoxy groups -OCH3 is 1. The van der Waals surface area contributed by atoms with E-state index in [1.54, 1.807) is 61.7 Å². The Labute approximate surface area is 261 Å². The van der Waals surface area contributed by atoms with Crippen molar-refractivity contribution in [3.8, 4) is 5.75 Å². The number of amides is 2. The minimum absolute atomic E-state index is 0.0479. The second kappa shape index (κ2) is 14.8. The number of rotatable bonds is 13. The average Bonchev–Trinajstić information content (AvgIpc) is 3.02. The lowest BCUT2D eigenvalue weighted by molar-refractivity contribution is -0.140. The van der Waals surface area contributed by atoms with Crippen molar-refractivity contribution >= 4 is 43.5 Å². The molecule has 0 bridgehead atoms. The first-order chi connectivity index (χ1) is 20.7. The van der Waals surface area contributed by atoms with Crippen LogP contribution in [0.15, 0.2) is 119 Å². The molecule has 0 aliphatic heterocycles. The van der Waals surface area contributed by atoms with Gasteiger partial charge >= 0.3 is 0 Å². The largest absolute Gasteiger partial charge is 0.497 e. The van der Waals surface area contributed by atoms with E-state index in [9.17, 15) is 18.0 Å². The van der Waals surface area contributed by atoms with E-state index in [1.165, 1.54) is 17.0 Å². The van der Waals surface area contributed by atoms with E-state index in [0.29, 0.717) is 22.5 Å². The number of halogens is 1. The number of ether oxygens (including phenoxy) is 1. The first-order valence-corrected chi connectivity index (χ1v) is 16.0. The van der Waals surface area contributed by atoms with Crippen molar-refractivity contribution < 1.29 is 22.7 Å². The van der Waals surface area contributed by atoms with E-state index >= 15 is 0 Å². The molecule has 4 rings (SSSR count). The van der Waals surface area contributed by atoms with Gasteiger partial charge in [0.15, 0.2) is 0 Å². The predicted molar refractivity (Wildman–Crippen MR) is 171 cm³/mol. The van der Waals surface area contributed by atoms with E-state index in [4.69, 9.17) is 4.74 Å². The van der Waals surface area contributed by atoms with Crippen LogP contribution < -0.4 is 14.4 Å². The molecular formula is C33H34BrN3O5S. The van der Waals surface area contributed by atoms with E-state index < -0.39 is 28.5 Å². The van der Waals surface area contributed by atoms with Crippen LogP contribution in [0, 0.1) is 0 Å². The molecule has 1 atom stereocenters. The van der Waals surface area contributed by atoms with E-state index in [2.05, 4.69) is 21.2 Å². The zero-order chi connectivity index (χ0) is 30.8. The third-order valence-corrected chi connectivity index (χ3v) is 9.10. The maximum atomic E-state index is 14.4. The third-order valence-electron chi connectivity index (χ3n) is 6.82. The molecule has 0 unspecified atom stereocenters. The summed E-state index contributed by atoms with van der Waals surface area (Å²) in [5.41, 5.74) is 1.91. The van der Waals surface area contributed by atoms with Crippen LogP contribution in [-0.4, -0.2) is 51.4 Å². The first kappa shape index (κ1) is 31.8. The second-order valence-electron chi connectivity index (χ2n) is 9.78. The molecule has 0 radical (unpaired) electrons. The third kappa shape index (κ3) is 8.24. The molecule has 0 fully saturated rings. The molecule has 0 aliphatic carbocycles. The van der Waals surface area contributed by atoms with Gasteiger partial charge in [0.25, 0.3) is 10.0 Å². The molecule has 43 heavy (non-hydrogen) atoms. The fourth-order valence-corrected chi connectivity index (χ4v) is 6.51. The average molecular weight is 665 g/mol. The highest BCUT2D eigenvalue weighted by atomic mass is 79.9. The Kier molecular flexibility index (Phi) is 11.0. The van der Waals surface area contributed by atoms with Crippen LogP contribution in [-0.2, 0) is 32.6 Å². The zero-order valence-corrected chi connectivity index (χ0v) is 26.4. The number of nitrogens with zero attached hydrogens (tertiary/aromatic N) is 2. The Balaban J connectivity index is 1.80. The predicted octanol–water partition coefficient (Wildman–Crippen LogP) is 5.43. The van der Waals surface area contributed by atoms with E-state index in [0.717, 1.165) is 15.4 Å².